The Morgan fingerprint density at radius 3 is 2.29 bits per heavy atom. The van der Waals surface area contributed by atoms with Crippen LogP contribution in [0.15, 0.2) is 77.8 Å². The third-order valence-corrected chi connectivity index (χ3v) is 11.3. The molecule has 4 aromatic rings. The molecule has 0 bridgehead atoms. The van der Waals surface area contributed by atoms with Gasteiger partial charge >= 0.3 is 0 Å². The number of imide groups is 2. The van der Waals surface area contributed by atoms with Crippen molar-refractivity contribution in [1.29, 1.82) is 0 Å². The van der Waals surface area contributed by atoms with Crippen LogP contribution in [0.5, 0.6) is 0 Å². The van der Waals surface area contributed by atoms with Gasteiger partial charge in [-0.1, -0.05) is 12.1 Å². The molecular weight excluding hydrogens is 723 g/mol. The molecule has 4 amide bonds. The predicted octanol–water partition coefficient (Wildman–Crippen LogP) is 4.07. The number of carbonyl (C=O) groups excluding carboxylic acids is 4. The highest BCUT2D eigenvalue weighted by atomic mass is 32.2. The zero-order valence-electron chi connectivity index (χ0n) is 31.0. The second kappa shape index (κ2) is 14.8. The molecular formula is C39H43N9O6S. The number of benzene rings is 3. The van der Waals surface area contributed by atoms with Crippen molar-refractivity contribution in [2.24, 2.45) is 0 Å². The van der Waals surface area contributed by atoms with Gasteiger partial charge in [-0.15, -0.1) is 0 Å². The molecule has 3 aromatic carbocycles. The lowest BCUT2D eigenvalue weighted by Gasteiger charge is -2.36. The van der Waals surface area contributed by atoms with Crippen LogP contribution < -0.4 is 25.6 Å². The number of hydrogen-bond acceptors (Lipinski definition) is 12. The van der Waals surface area contributed by atoms with Crippen molar-refractivity contribution in [3.63, 3.8) is 0 Å². The van der Waals surface area contributed by atoms with Crippen LogP contribution in [0.2, 0.25) is 0 Å². The van der Waals surface area contributed by atoms with Crippen LogP contribution in [-0.4, -0.2) is 89.6 Å². The van der Waals surface area contributed by atoms with E-state index in [4.69, 9.17) is 0 Å². The second-order valence-electron chi connectivity index (χ2n) is 15.0. The van der Waals surface area contributed by atoms with E-state index in [9.17, 15) is 27.6 Å². The van der Waals surface area contributed by atoms with Crippen LogP contribution in [0.1, 0.15) is 65.5 Å². The fourth-order valence-electron chi connectivity index (χ4n) is 6.89. The largest absolute Gasteiger partial charge is 0.369 e. The number of hydrogen-bond donors (Lipinski definition) is 4. The molecule has 4 N–H and O–H groups in total. The molecule has 3 aliphatic heterocycles. The van der Waals surface area contributed by atoms with E-state index in [0.29, 0.717) is 24.0 Å². The fraction of sp³-hybridized carbons (Fsp3) is 0.333. The second-order valence-corrected chi connectivity index (χ2v) is 16.7. The molecule has 1 aromatic heterocycles. The molecule has 16 heteroatoms. The van der Waals surface area contributed by atoms with E-state index >= 15 is 0 Å². The zero-order valence-corrected chi connectivity index (χ0v) is 31.9. The Labute approximate surface area is 319 Å². The number of nitrogens with one attached hydrogen (secondary N) is 4. The summed E-state index contributed by atoms with van der Waals surface area (Å²) in [5.74, 6) is -1.11. The highest BCUT2D eigenvalue weighted by Gasteiger charge is 2.44. The maximum absolute atomic E-state index is 13.3. The number of amides is 4. The Morgan fingerprint density at radius 1 is 0.855 bits per heavy atom. The topological polar surface area (TPSA) is 186 Å². The summed E-state index contributed by atoms with van der Waals surface area (Å²) in [6, 6.07) is 18.9. The number of aromatic nitrogens is 2. The molecule has 15 nitrogen and oxygen atoms in total. The first-order chi connectivity index (χ1) is 26.1. The van der Waals surface area contributed by atoms with Crippen LogP contribution in [0.4, 0.5) is 28.8 Å². The quantitative estimate of drug-likeness (QED) is 0.170. The normalized spacial score (nSPS) is 18.0. The highest BCUT2D eigenvalue weighted by Crippen LogP contribution is 2.30. The third-order valence-electron chi connectivity index (χ3n) is 9.59. The van der Waals surface area contributed by atoms with Crippen molar-refractivity contribution in [1.82, 2.24) is 29.8 Å². The summed E-state index contributed by atoms with van der Waals surface area (Å²) in [6.07, 6.45) is 1.90. The van der Waals surface area contributed by atoms with E-state index in [0.717, 1.165) is 53.6 Å². The first kappa shape index (κ1) is 37.6. The van der Waals surface area contributed by atoms with E-state index in [1.165, 1.54) is 0 Å². The molecule has 55 heavy (non-hydrogen) atoms. The fourth-order valence-corrected chi connectivity index (χ4v) is 8.36. The Hall–Kier alpha value is -5.71. The lowest BCUT2D eigenvalue weighted by molar-refractivity contribution is -0.136. The first-order valence-electron chi connectivity index (χ1n) is 18.1. The Morgan fingerprint density at radius 2 is 1.58 bits per heavy atom. The molecule has 7 rings (SSSR count). The van der Waals surface area contributed by atoms with Gasteiger partial charge in [0, 0.05) is 73.5 Å². The number of carbonyl (C=O) groups is 4. The summed E-state index contributed by atoms with van der Waals surface area (Å²) in [4.78, 5) is 65.1. The van der Waals surface area contributed by atoms with Gasteiger partial charge in [-0.3, -0.25) is 34.3 Å². The van der Waals surface area contributed by atoms with Crippen LogP contribution in [0.25, 0.3) is 0 Å². The number of anilines is 5. The van der Waals surface area contributed by atoms with Crippen molar-refractivity contribution in [3.8, 4) is 0 Å². The van der Waals surface area contributed by atoms with Crippen molar-refractivity contribution < 1.29 is 27.6 Å². The summed E-state index contributed by atoms with van der Waals surface area (Å²) < 4.78 is 28.4. The number of piperazine rings is 1. The summed E-state index contributed by atoms with van der Waals surface area (Å²) in [5.41, 5.74) is 4.09. The van der Waals surface area contributed by atoms with E-state index in [2.05, 4.69) is 40.4 Å². The molecule has 4 heterocycles. The standard InChI is InChI=1S/C39H43N9O6S/c1-24-22-40-38(44-34(24)41-27-6-5-7-29(21-27)55(53,54)45-39(2,3)4)42-26-9-11-28(12-10-26)47-18-16-46(17-19-47)23-25-8-13-30-31(20-25)37(52)48(36(30)51)32-14-15-33(49)43-35(32)50/h5-13,20-22,32,45H,14-19,23H2,1-4H3,(H,43,49,50)(H2,40,41,42,44). The summed E-state index contributed by atoms with van der Waals surface area (Å²) in [5, 5.41) is 8.71. The molecule has 286 valence electrons. The van der Waals surface area contributed by atoms with Gasteiger partial charge in [0.05, 0.1) is 16.0 Å². The molecule has 1 atom stereocenters. The molecule has 0 aliphatic carbocycles. The van der Waals surface area contributed by atoms with Crippen LogP contribution in [0, 0.1) is 6.92 Å². The molecule has 2 saturated heterocycles. The van der Waals surface area contributed by atoms with Crippen molar-refractivity contribution in [2.45, 2.75) is 63.6 Å². The van der Waals surface area contributed by atoms with Gasteiger partial charge in [-0.25, -0.2) is 18.1 Å². The molecule has 0 spiro atoms. The van der Waals surface area contributed by atoms with Crippen LogP contribution in [0.3, 0.4) is 0 Å². The number of nitrogens with zero attached hydrogens (tertiary/aromatic N) is 5. The lowest BCUT2D eigenvalue weighted by Crippen LogP contribution is -2.54. The minimum Gasteiger partial charge on any atom is -0.369 e. The molecule has 0 radical (unpaired) electrons. The minimum absolute atomic E-state index is 0.0794. The smallest absolute Gasteiger partial charge is 0.262 e. The molecule has 2 fully saturated rings. The Bertz CT molecular complexity index is 2280. The van der Waals surface area contributed by atoms with Gasteiger partial charge in [0.1, 0.15) is 11.9 Å². The van der Waals surface area contributed by atoms with E-state index in [1.807, 2.05) is 37.3 Å². The van der Waals surface area contributed by atoms with Gasteiger partial charge < -0.3 is 15.5 Å². The first-order valence-corrected chi connectivity index (χ1v) is 19.6. The average molecular weight is 766 g/mol. The predicted molar refractivity (Wildman–Crippen MR) is 207 cm³/mol. The Kier molecular flexibility index (Phi) is 10.1. The van der Waals surface area contributed by atoms with Crippen molar-refractivity contribution in [2.75, 3.05) is 41.7 Å². The number of sulfonamides is 1. The van der Waals surface area contributed by atoms with Gasteiger partial charge in [0.2, 0.25) is 27.8 Å². The van der Waals surface area contributed by atoms with E-state index < -0.39 is 45.2 Å². The summed E-state index contributed by atoms with van der Waals surface area (Å²) in [6.45, 7) is 11.0. The Balaban J connectivity index is 0.933. The monoisotopic (exact) mass is 765 g/mol. The molecule has 0 saturated carbocycles. The van der Waals surface area contributed by atoms with Gasteiger partial charge in [-0.05, 0) is 94.3 Å². The maximum Gasteiger partial charge on any atom is 0.262 e. The SMILES string of the molecule is Cc1cnc(Nc2ccc(N3CCN(Cc4ccc5c(c4)C(=O)N(C4CCC(=O)NC4=O)C5=O)CC3)cc2)nc1Nc1cccc(S(=O)(=O)NC(C)(C)C)c1. The van der Waals surface area contributed by atoms with E-state index in [-0.39, 0.29) is 28.9 Å². The zero-order chi connectivity index (χ0) is 39.1. The van der Waals surface area contributed by atoms with Gasteiger partial charge in [-0.2, -0.15) is 4.98 Å². The number of aryl methyl sites for hydroxylation is 1. The van der Waals surface area contributed by atoms with Gasteiger partial charge in [0.25, 0.3) is 11.8 Å². The van der Waals surface area contributed by atoms with Crippen molar-refractivity contribution in [3.05, 3.63) is 95.2 Å². The maximum atomic E-state index is 13.3. The number of rotatable bonds is 10. The van der Waals surface area contributed by atoms with Gasteiger partial charge in [0.15, 0.2) is 0 Å². The molecule has 1 unspecified atom stereocenters. The molecule has 3 aliphatic rings. The lowest BCUT2D eigenvalue weighted by atomic mass is 10.0. The summed E-state index contributed by atoms with van der Waals surface area (Å²) >= 11 is 0. The highest BCUT2D eigenvalue weighted by molar-refractivity contribution is 7.89. The third kappa shape index (κ3) is 8.35. The van der Waals surface area contributed by atoms with E-state index in [1.54, 1.807) is 63.4 Å². The van der Waals surface area contributed by atoms with Crippen molar-refractivity contribution >= 4 is 62.5 Å². The van der Waals surface area contributed by atoms with Crippen LogP contribution in [-0.2, 0) is 26.2 Å². The average Bonchev–Trinajstić information content (AvgIpc) is 3.37. The summed E-state index contributed by atoms with van der Waals surface area (Å²) in [7, 11) is -3.71. The number of piperidine rings is 1. The van der Waals surface area contributed by atoms with Crippen LogP contribution >= 0.6 is 0 Å². The minimum atomic E-state index is -3.71. The number of fused-ring (bicyclic) bond motifs is 1.